The fraction of sp³-hybridized carbons (Fsp3) is 0.231. The molecule has 1 heterocycles. The van der Waals surface area contributed by atoms with Crippen LogP contribution in [-0.4, -0.2) is 21.9 Å². The van der Waals surface area contributed by atoms with Gasteiger partial charge in [-0.05, 0) is 24.4 Å². The molecule has 1 amide bonds. The van der Waals surface area contributed by atoms with Crippen LogP contribution in [0.3, 0.4) is 0 Å². The highest BCUT2D eigenvalue weighted by atomic mass is 16.6. The van der Waals surface area contributed by atoms with Gasteiger partial charge in [0.15, 0.2) is 5.69 Å². The minimum atomic E-state index is -0.374. The molecule has 0 aliphatic heterocycles. The summed E-state index contributed by atoms with van der Waals surface area (Å²) in [5.74, 6) is -0.514. The van der Waals surface area contributed by atoms with Gasteiger partial charge in [0.1, 0.15) is 5.69 Å². The number of fused-ring (bicyclic) bond motifs is 1. The van der Waals surface area contributed by atoms with Crippen LogP contribution in [0.1, 0.15) is 34.6 Å². The van der Waals surface area contributed by atoms with Crippen molar-refractivity contribution in [3.05, 3.63) is 41.2 Å². The first-order valence-electron chi connectivity index (χ1n) is 6.20. The second-order valence-electron chi connectivity index (χ2n) is 4.44. The number of rotatable bonds is 2. The third-order valence-electron chi connectivity index (χ3n) is 3.07. The molecular weight excluding hydrogens is 260 g/mol. The maximum absolute atomic E-state index is 11.9. The Bertz CT molecular complexity index is 661. The number of aromatic nitrogens is 2. The lowest BCUT2D eigenvalue weighted by Crippen LogP contribution is -2.22. The number of carbonyl (C=O) groups excluding carboxylic acids is 1. The van der Waals surface area contributed by atoms with Crippen molar-refractivity contribution < 1.29 is 14.5 Å². The second-order valence-corrected chi connectivity index (χ2v) is 4.44. The molecule has 0 spiro atoms. The van der Waals surface area contributed by atoms with E-state index in [-0.39, 0.29) is 11.7 Å². The molecule has 20 heavy (non-hydrogen) atoms. The number of hydrogen-bond acceptors (Lipinski definition) is 6. The van der Waals surface area contributed by atoms with Crippen molar-refractivity contribution in [2.24, 2.45) is 5.10 Å². The van der Waals surface area contributed by atoms with Crippen LogP contribution in [0.5, 0.6) is 5.75 Å². The maximum atomic E-state index is 11.9. The van der Waals surface area contributed by atoms with Gasteiger partial charge in [-0.15, -0.1) is 5.75 Å². The van der Waals surface area contributed by atoms with Gasteiger partial charge in [0.2, 0.25) is 0 Å². The number of hydrazone groups is 1. The number of aryl methyl sites for hydroxylation is 1. The zero-order chi connectivity index (χ0) is 13.9. The van der Waals surface area contributed by atoms with Crippen molar-refractivity contribution in [2.45, 2.75) is 19.3 Å². The molecule has 7 heteroatoms. The van der Waals surface area contributed by atoms with Gasteiger partial charge in [-0.1, -0.05) is 29.4 Å². The molecule has 1 aliphatic carbocycles. The van der Waals surface area contributed by atoms with E-state index in [1.165, 1.54) is 24.3 Å². The highest BCUT2D eigenvalue weighted by Gasteiger charge is 2.21. The predicted octanol–water partition coefficient (Wildman–Crippen LogP) is 0.614. The summed E-state index contributed by atoms with van der Waals surface area (Å²) >= 11 is 0. The van der Waals surface area contributed by atoms with Gasteiger partial charge in [0.05, 0.1) is 5.71 Å². The first-order valence-corrected chi connectivity index (χ1v) is 6.20. The van der Waals surface area contributed by atoms with Crippen LogP contribution in [-0.2, 0) is 6.42 Å². The van der Waals surface area contributed by atoms with Crippen LogP contribution in [0.4, 0.5) is 0 Å². The number of benzene rings is 1. The Kier molecular flexibility index (Phi) is 3.16. The van der Waals surface area contributed by atoms with Gasteiger partial charge >= 0.3 is 0 Å². The third-order valence-corrected chi connectivity index (χ3v) is 3.07. The first-order chi connectivity index (χ1) is 9.74. The summed E-state index contributed by atoms with van der Waals surface area (Å²) < 4.78 is 4.67. The average molecular weight is 271 g/mol. The summed E-state index contributed by atoms with van der Waals surface area (Å²) in [6.07, 6.45) is 2.40. The van der Waals surface area contributed by atoms with Crippen molar-refractivity contribution in [3.8, 4) is 5.75 Å². The number of carbonyl (C=O) groups is 1. The Balaban J connectivity index is 1.75. The van der Waals surface area contributed by atoms with Gasteiger partial charge in [-0.2, -0.15) is 5.10 Å². The van der Waals surface area contributed by atoms with Crippen molar-refractivity contribution in [2.75, 3.05) is 0 Å². The van der Waals surface area contributed by atoms with E-state index in [0.717, 1.165) is 18.5 Å². The molecule has 3 rings (SSSR count). The number of hydrogen-bond donors (Lipinski definition) is 1. The molecule has 1 aliphatic rings. The molecule has 0 saturated heterocycles. The maximum Gasteiger partial charge on any atom is 0.271 e. The van der Waals surface area contributed by atoms with E-state index in [2.05, 4.69) is 25.5 Å². The summed E-state index contributed by atoms with van der Waals surface area (Å²) in [6.45, 7) is 0. The molecule has 1 N–H and O–H groups in total. The molecule has 0 atom stereocenters. The average Bonchev–Trinajstić information content (AvgIpc) is 2.94. The fourth-order valence-corrected chi connectivity index (χ4v) is 2.03. The van der Waals surface area contributed by atoms with Gasteiger partial charge in [0, 0.05) is 5.56 Å². The van der Waals surface area contributed by atoms with E-state index in [9.17, 15) is 9.90 Å². The molecule has 2 aromatic rings. The first kappa shape index (κ1) is 12.3. The van der Waals surface area contributed by atoms with E-state index < -0.39 is 0 Å². The lowest BCUT2D eigenvalue weighted by Gasteiger charge is -2.10. The van der Waals surface area contributed by atoms with Crippen LogP contribution in [0.2, 0.25) is 0 Å². The largest absolute Gasteiger partial charge is 0.872 e. The topological polar surface area (TPSA) is 103 Å². The quantitative estimate of drug-likeness (QED) is 0.806. The third kappa shape index (κ3) is 2.37. The highest BCUT2D eigenvalue weighted by Crippen LogP contribution is 2.17. The number of nitrogens with one attached hydrogen (secondary N) is 1. The second kappa shape index (κ2) is 5.12. The molecule has 1 aromatic heterocycles. The summed E-state index contributed by atoms with van der Waals surface area (Å²) in [7, 11) is 0. The number of amides is 1. The molecule has 0 unspecified atom stereocenters. The molecule has 1 aromatic carbocycles. The Morgan fingerprint density at radius 2 is 2.05 bits per heavy atom. The highest BCUT2D eigenvalue weighted by molar-refractivity contribution is 6.02. The lowest BCUT2D eigenvalue weighted by molar-refractivity contribution is -0.268. The SMILES string of the molecule is O=C(N/N=C1/CCCc2nonc21)c1ccc([O-])cc1. The van der Waals surface area contributed by atoms with Crippen LogP contribution in [0.15, 0.2) is 34.0 Å². The molecule has 102 valence electrons. The molecule has 0 bridgehead atoms. The van der Waals surface area contributed by atoms with Gasteiger partial charge in [0.25, 0.3) is 5.91 Å². The van der Waals surface area contributed by atoms with E-state index in [0.29, 0.717) is 23.4 Å². The zero-order valence-corrected chi connectivity index (χ0v) is 10.5. The van der Waals surface area contributed by atoms with E-state index in [1.54, 1.807) is 0 Å². The van der Waals surface area contributed by atoms with Crippen molar-refractivity contribution >= 4 is 11.6 Å². The Hall–Kier alpha value is -2.70. The van der Waals surface area contributed by atoms with E-state index in [1.807, 2.05) is 0 Å². The van der Waals surface area contributed by atoms with Crippen LogP contribution in [0.25, 0.3) is 0 Å². The zero-order valence-electron chi connectivity index (χ0n) is 10.5. The summed E-state index contributed by atoms with van der Waals surface area (Å²) in [6, 6.07) is 5.59. The number of nitrogens with zero attached hydrogens (tertiary/aromatic N) is 3. The Labute approximate surface area is 114 Å². The lowest BCUT2D eigenvalue weighted by atomic mass is 9.99. The van der Waals surface area contributed by atoms with Crippen LogP contribution in [0, 0.1) is 0 Å². The van der Waals surface area contributed by atoms with Gasteiger partial charge in [-0.3, -0.25) is 4.79 Å². The standard InChI is InChI=1S/C13H12N4O3/c18-9-6-4-8(5-7-9)13(19)15-14-10-2-1-3-11-12(10)17-20-16-11/h4-7,18H,1-3H2,(H,15,19)/p-1/b14-10-. The smallest absolute Gasteiger partial charge is 0.271 e. The van der Waals surface area contributed by atoms with Crippen LogP contribution < -0.4 is 10.5 Å². The van der Waals surface area contributed by atoms with Crippen molar-refractivity contribution in [1.29, 1.82) is 0 Å². The molecule has 7 nitrogen and oxygen atoms in total. The summed E-state index contributed by atoms with van der Waals surface area (Å²) in [5.41, 5.74) is 4.86. The molecule has 0 fully saturated rings. The molecule has 0 saturated carbocycles. The van der Waals surface area contributed by atoms with Gasteiger partial charge < -0.3 is 5.11 Å². The Morgan fingerprint density at radius 1 is 1.25 bits per heavy atom. The molecular formula is C13H11N4O3-. The van der Waals surface area contributed by atoms with Crippen molar-refractivity contribution in [1.82, 2.24) is 15.7 Å². The minimum absolute atomic E-state index is 0.140. The van der Waals surface area contributed by atoms with E-state index in [4.69, 9.17) is 0 Å². The molecule has 0 radical (unpaired) electrons. The van der Waals surface area contributed by atoms with Crippen LogP contribution >= 0.6 is 0 Å². The minimum Gasteiger partial charge on any atom is -0.872 e. The Morgan fingerprint density at radius 3 is 2.85 bits per heavy atom. The fourth-order valence-electron chi connectivity index (χ4n) is 2.03. The van der Waals surface area contributed by atoms with Crippen molar-refractivity contribution in [3.63, 3.8) is 0 Å². The predicted molar refractivity (Wildman–Crippen MR) is 67.1 cm³/mol. The summed E-state index contributed by atoms with van der Waals surface area (Å²) in [4.78, 5) is 11.9. The summed E-state index contributed by atoms with van der Waals surface area (Å²) in [5, 5.41) is 22.6. The van der Waals surface area contributed by atoms with E-state index >= 15 is 0 Å². The monoisotopic (exact) mass is 271 g/mol. The van der Waals surface area contributed by atoms with Gasteiger partial charge in [-0.25, -0.2) is 10.1 Å². The normalized spacial score (nSPS) is 15.9.